The summed E-state index contributed by atoms with van der Waals surface area (Å²) in [6.45, 7) is 1.42. The molecule has 0 spiro atoms. The quantitative estimate of drug-likeness (QED) is 0.685. The van der Waals surface area contributed by atoms with Gasteiger partial charge in [0.05, 0.1) is 0 Å². The van der Waals surface area contributed by atoms with Crippen LogP contribution in [0.3, 0.4) is 0 Å². The Hall–Kier alpha value is -0.510. The summed E-state index contributed by atoms with van der Waals surface area (Å²) in [5, 5.41) is 0. The fourth-order valence-electron chi connectivity index (χ4n) is 2.57. The Morgan fingerprint density at radius 3 is 2.47 bits per heavy atom. The van der Waals surface area contributed by atoms with Crippen molar-refractivity contribution >= 4 is 23.5 Å². The van der Waals surface area contributed by atoms with Crippen LogP contribution in [0.5, 0.6) is 0 Å². The monoisotopic (exact) mass is 227 g/mol. The van der Waals surface area contributed by atoms with E-state index in [1.807, 2.05) is 11.8 Å². The standard InChI is InChI=1S/C11H17NO2S/c1-15-11(5-2-3-6-11)8-12-7-4-9(13)10(12)14/h2-8H2,1H3. The largest absolute Gasteiger partial charge is 0.334 e. The van der Waals surface area contributed by atoms with Crippen molar-refractivity contribution < 1.29 is 9.59 Å². The maximum absolute atomic E-state index is 11.5. The van der Waals surface area contributed by atoms with E-state index in [9.17, 15) is 9.59 Å². The lowest BCUT2D eigenvalue weighted by Crippen LogP contribution is -2.40. The molecule has 1 aliphatic carbocycles. The minimum absolute atomic E-state index is 0.204. The van der Waals surface area contributed by atoms with Gasteiger partial charge in [-0.3, -0.25) is 9.59 Å². The number of nitrogens with zero attached hydrogens (tertiary/aromatic N) is 1. The number of likely N-dealkylation sites (tertiary alicyclic amines) is 1. The molecule has 2 rings (SSSR count). The van der Waals surface area contributed by atoms with E-state index < -0.39 is 0 Å². The third-order valence-corrected chi connectivity index (χ3v) is 4.96. The molecule has 0 aromatic heterocycles. The lowest BCUT2D eigenvalue weighted by molar-refractivity contribution is -0.140. The molecular formula is C11H17NO2S. The predicted octanol–water partition coefficient (Wildman–Crippen LogP) is 1.46. The Morgan fingerprint density at radius 2 is 2.00 bits per heavy atom. The van der Waals surface area contributed by atoms with Crippen LogP contribution in [0.1, 0.15) is 32.1 Å². The summed E-state index contributed by atoms with van der Waals surface area (Å²) in [6, 6.07) is 0. The van der Waals surface area contributed by atoms with Crippen LogP contribution in [-0.4, -0.2) is 40.7 Å². The molecule has 2 aliphatic rings. The van der Waals surface area contributed by atoms with Gasteiger partial charge in [0.2, 0.25) is 5.78 Å². The van der Waals surface area contributed by atoms with Crippen molar-refractivity contribution in [2.75, 3.05) is 19.3 Å². The van der Waals surface area contributed by atoms with Crippen LogP contribution < -0.4 is 0 Å². The predicted molar refractivity (Wildman–Crippen MR) is 60.9 cm³/mol. The first kappa shape index (κ1) is 11.0. The van der Waals surface area contributed by atoms with Crippen molar-refractivity contribution in [1.29, 1.82) is 0 Å². The fraction of sp³-hybridized carbons (Fsp3) is 0.818. The minimum atomic E-state index is -0.254. The summed E-state index contributed by atoms with van der Waals surface area (Å²) in [7, 11) is 0. The summed E-state index contributed by atoms with van der Waals surface area (Å²) in [5.74, 6) is -0.459. The summed E-state index contributed by atoms with van der Waals surface area (Å²) < 4.78 is 0.236. The Labute approximate surface area is 94.6 Å². The number of hydrogen-bond donors (Lipinski definition) is 0. The van der Waals surface area contributed by atoms with Gasteiger partial charge in [-0.25, -0.2) is 0 Å². The highest BCUT2D eigenvalue weighted by atomic mass is 32.2. The van der Waals surface area contributed by atoms with Crippen LogP contribution in [0, 0.1) is 0 Å². The Bertz CT molecular complexity index is 284. The van der Waals surface area contributed by atoms with Gasteiger partial charge in [0.15, 0.2) is 0 Å². The van der Waals surface area contributed by atoms with Crippen LogP contribution in [0.25, 0.3) is 0 Å². The maximum Gasteiger partial charge on any atom is 0.290 e. The molecule has 15 heavy (non-hydrogen) atoms. The first-order valence-corrected chi connectivity index (χ1v) is 6.77. The number of ketones is 1. The highest BCUT2D eigenvalue weighted by Gasteiger charge is 2.39. The zero-order chi connectivity index (χ0) is 10.9. The second-order valence-corrected chi connectivity index (χ2v) is 5.77. The van der Waals surface area contributed by atoms with E-state index in [1.54, 1.807) is 4.90 Å². The number of thioether (sulfide) groups is 1. The zero-order valence-corrected chi connectivity index (χ0v) is 9.94. The smallest absolute Gasteiger partial charge is 0.290 e. The summed E-state index contributed by atoms with van der Waals surface area (Å²) in [4.78, 5) is 24.4. The lowest BCUT2D eigenvalue weighted by Gasteiger charge is -2.31. The van der Waals surface area contributed by atoms with Gasteiger partial charge in [0.1, 0.15) is 0 Å². The van der Waals surface area contributed by atoms with E-state index in [2.05, 4.69) is 6.26 Å². The van der Waals surface area contributed by atoms with Crippen LogP contribution in [0.2, 0.25) is 0 Å². The van der Waals surface area contributed by atoms with Crippen molar-refractivity contribution in [1.82, 2.24) is 4.90 Å². The Balaban J connectivity index is 2.01. The van der Waals surface area contributed by atoms with Gasteiger partial charge in [0, 0.05) is 24.3 Å². The number of carbonyl (C=O) groups excluding carboxylic acids is 2. The topological polar surface area (TPSA) is 37.4 Å². The second-order valence-electron chi connectivity index (χ2n) is 4.49. The molecule has 3 nitrogen and oxygen atoms in total. The summed E-state index contributed by atoms with van der Waals surface area (Å²) in [5.41, 5.74) is 0. The molecule has 0 radical (unpaired) electrons. The van der Waals surface area contributed by atoms with E-state index >= 15 is 0 Å². The molecule has 1 heterocycles. The first-order chi connectivity index (χ1) is 7.17. The molecule has 1 saturated heterocycles. The van der Waals surface area contributed by atoms with E-state index in [0.717, 1.165) is 6.54 Å². The number of amides is 1. The zero-order valence-electron chi connectivity index (χ0n) is 9.12. The normalized spacial score (nSPS) is 25.3. The van der Waals surface area contributed by atoms with Crippen LogP contribution in [0.4, 0.5) is 0 Å². The number of hydrogen-bond acceptors (Lipinski definition) is 3. The van der Waals surface area contributed by atoms with E-state index in [1.165, 1.54) is 25.7 Å². The van der Waals surface area contributed by atoms with Gasteiger partial charge in [-0.1, -0.05) is 12.8 Å². The highest BCUT2D eigenvalue weighted by Crippen LogP contribution is 2.41. The molecule has 1 aliphatic heterocycles. The molecular weight excluding hydrogens is 210 g/mol. The van der Waals surface area contributed by atoms with Crippen LogP contribution in [0.15, 0.2) is 0 Å². The van der Waals surface area contributed by atoms with Crippen molar-refractivity contribution in [2.45, 2.75) is 36.9 Å². The second kappa shape index (κ2) is 4.16. The van der Waals surface area contributed by atoms with Crippen molar-refractivity contribution in [3.63, 3.8) is 0 Å². The van der Waals surface area contributed by atoms with Crippen LogP contribution in [-0.2, 0) is 9.59 Å². The average Bonchev–Trinajstić information content (AvgIpc) is 2.82. The van der Waals surface area contributed by atoms with Gasteiger partial charge in [-0.15, -0.1) is 0 Å². The van der Waals surface area contributed by atoms with Crippen molar-refractivity contribution in [2.24, 2.45) is 0 Å². The summed E-state index contributed by atoms with van der Waals surface area (Å²) >= 11 is 1.86. The number of carbonyl (C=O) groups is 2. The van der Waals surface area contributed by atoms with E-state index in [4.69, 9.17) is 0 Å². The maximum atomic E-state index is 11.5. The molecule has 0 unspecified atom stereocenters. The van der Waals surface area contributed by atoms with Gasteiger partial charge in [0.25, 0.3) is 5.91 Å². The van der Waals surface area contributed by atoms with Crippen molar-refractivity contribution in [3.8, 4) is 0 Å². The molecule has 0 N–H and O–H groups in total. The Kier molecular flexibility index (Phi) is 3.05. The van der Waals surface area contributed by atoms with Crippen LogP contribution >= 0.6 is 11.8 Å². The fourth-order valence-corrected chi connectivity index (χ4v) is 3.55. The first-order valence-electron chi connectivity index (χ1n) is 5.54. The molecule has 0 bridgehead atoms. The minimum Gasteiger partial charge on any atom is -0.334 e. The van der Waals surface area contributed by atoms with E-state index in [0.29, 0.717) is 13.0 Å². The molecule has 0 aromatic rings. The SMILES string of the molecule is CSC1(CN2CCC(=O)C2=O)CCCC1. The number of rotatable bonds is 3. The van der Waals surface area contributed by atoms with E-state index in [-0.39, 0.29) is 16.4 Å². The van der Waals surface area contributed by atoms with Crippen molar-refractivity contribution in [3.05, 3.63) is 0 Å². The lowest BCUT2D eigenvalue weighted by atomic mass is 10.1. The van der Waals surface area contributed by atoms with Gasteiger partial charge in [-0.05, 0) is 19.1 Å². The molecule has 2 fully saturated rings. The average molecular weight is 227 g/mol. The third-order valence-electron chi connectivity index (χ3n) is 3.56. The van der Waals surface area contributed by atoms with Gasteiger partial charge in [-0.2, -0.15) is 11.8 Å². The summed E-state index contributed by atoms with van der Waals surface area (Å²) in [6.07, 6.45) is 7.43. The molecule has 1 amide bonds. The van der Waals surface area contributed by atoms with Gasteiger partial charge >= 0.3 is 0 Å². The molecule has 0 atom stereocenters. The molecule has 0 aromatic carbocycles. The highest BCUT2D eigenvalue weighted by molar-refractivity contribution is 8.00. The Morgan fingerprint density at radius 1 is 1.33 bits per heavy atom. The van der Waals surface area contributed by atoms with Gasteiger partial charge < -0.3 is 4.90 Å². The third kappa shape index (κ3) is 2.05. The number of Topliss-reactive ketones (excluding diaryl/α,β-unsaturated/α-hetero) is 1. The molecule has 1 saturated carbocycles. The molecule has 4 heteroatoms. The molecule has 84 valence electrons.